The maximum atomic E-state index is 11.5. The highest BCUT2D eigenvalue weighted by Crippen LogP contribution is 2.50. The summed E-state index contributed by atoms with van der Waals surface area (Å²) in [4.78, 5) is 12.6. The van der Waals surface area contributed by atoms with Crippen molar-refractivity contribution in [2.75, 3.05) is 0 Å². The Morgan fingerprint density at radius 3 is 2.87 bits per heavy atom. The third-order valence-corrected chi connectivity index (χ3v) is 5.12. The van der Waals surface area contributed by atoms with Crippen LogP contribution in [0.1, 0.15) is 38.2 Å². The Hall–Kier alpha value is -1.86. The standard InChI is InChI=1S/C16H21N5OS/c1-11-17-7-5-13(20-11)8-12-4-6-15(2,3)16(12,22)9-21-14(23)18-10-19-21/h5,7-8,10,22H,4,6,9H2,1-3H3,(H,18,19,23). The fourth-order valence-electron chi connectivity index (χ4n) is 3.16. The minimum absolute atomic E-state index is 0.263. The van der Waals surface area contributed by atoms with E-state index in [1.165, 1.54) is 0 Å². The number of aromatic nitrogens is 5. The molecule has 0 aliphatic heterocycles. The van der Waals surface area contributed by atoms with Crippen molar-refractivity contribution in [2.24, 2.45) is 5.41 Å². The van der Waals surface area contributed by atoms with Gasteiger partial charge in [-0.15, -0.1) is 0 Å². The van der Waals surface area contributed by atoms with Crippen LogP contribution in [0.2, 0.25) is 0 Å². The van der Waals surface area contributed by atoms with E-state index in [0.717, 1.165) is 29.9 Å². The molecule has 1 fully saturated rings. The number of H-pyrrole nitrogens is 1. The van der Waals surface area contributed by atoms with Crippen LogP contribution in [0.15, 0.2) is 24.2 Å². The van der Waals surface area contributed by atoms with Gasteiger partial charge in [-0.25, -0.2) is 15.0 Å². The van der Waals surface area contributed by atoms with Crippen molar-refractivity contribution in [2.45, 2.75) is 45.8 Å². The van der Waals surface area contributed by atoms with E-state index in [2.05, 4.69) is 33.9 Å². The minimum atomic E-state index is -1.00. The van der Waals surface area contributed by atoms with E-state index in [9.17, 15) is 5.11 Å². The van der Waals surface area contributed by atoms with Gasteiger partial charge in [-0.3, -0.25) is 9.78 Å². The molecule has 0 aromatic carbocycles. The van der Waals surface area contributed by atoms with Crippen molar-refractivity contribution >= 4 is 18.3 Å². The molecule has 1 unspecified atom stereocenters. The topological polar surface area (TPSA) is 79.6 Å². The smallest absolute Gasteiger partial charge is 0.215 e. The van der Waals surface area contributed by atoms with E-state index in [4.69, 9.17) is 12.2 Å². The van der Waals surface area contributed by atoms with Gasteiger partial charge in [0.15, 0.2) is 0 Å². The van der Waals surface area contributed by atoms with Crippen molar-refractivity contribution in [3.63, 3.8) is 0 Å². The number of hydrogen-bond donors (Lipinski definition) is 2. The van der Waals surface area contributed by atoms with E-state index in [1.54, 1.807) is 17.2 Å². The lowest BCUT2D eigenvalue weighted by molar-refractivity contribution is -0.0301. The van der Waals surface area contributed by atoms with Crippen molar-refractivity contribution in [3.8, 4) is 0 Å². The molecule has 0 saturated heterocycles. The van der Waals surface area contributed by atoms with Gasteiger partial charge in [-0.2, -0.15) is 0 Å². The van der Waals surface area contributed by atoms with E-state index in [1.807, 2.05) is 19.1 Å². The molecule has 7 heteroatoms. The number of hydrogen-bond acceptors (Lipinski definition) is 5. The lowest BCUT2D eigenvalue weighted by Gasteiger charge is -2.37. The molecular formula is C16H21N5OS. The number of nitrogens with zero attached hydrogens (tertiary/aromatic N) is 4. The van der Waals surface area contributed by atoms with Crippen LogP contribution in [-0.4, -0.2) is 35.4 Å². The Morgan fingerprint density at radius 2 is 2.22 bits per heavy atom. The second kappa shape index (κ2) is 5.65. The summed E-state index contributed by atoms with van der Waals surface area (Å²) in [6, 6.07) is 1.85. The number of rotatable bonds is 3. The summed E-state index contributed by atoms with van der Waals surface area (Å²) in [7, 11) is 0. The summed E-state index contributed by atoms with van der Waals surface area (Å²) in [6.07, 6.45) is 6.99. The summed E-state index contributed by atoms with van der Waals surface area (Å²) < 4.78 is 2.15. The summed E-state index contributed by atoms with van der Waals surface area (Å²) in [6.45, 7) is 6.38. The maximum absolute atomic E-state index is 11.5. The van der Waals surface area contributed by atoms with Gasteiger partial charge in [-0.05, 0) is 55.1 Å². The molecule has 1 saturated carbocycles. The summed E-state index contributed by atoms with van der Waals surface area (Å²) in [5, 5.41) is 14.5. The van der Waals surface area contributed by atoms with Crippen molar-refractivity contribution in [3.05, 3.63) is 40.5 Å². The lowest BCUT2D eigenvalue weighted by Crippen LogP contribution is -2.45. The van der Waals surface area contributed by atoms with Crippen molar-refractivity contribution in [1.82, 2.24) is 24.7 Å². The Labute approximate surface area is 140 Å². The van der Waals surface area contributed by atoms with Crippen LogP contribution in [0.25, 0.3) is 6.08 Å². The molecule has 23 heavy (non-hydrogen) atoms. The second-order valence-electron chi connectivity index (χ2n) is 6.70. The predicted octanol–water partition coefficient (Wildman–Crippen LogP) is 2.67. The van der Waals surface area contributed by atoms with Gasteiger partial charge < -0.3 is 5.11 Å². The average Bonchev–Trinajstić information content (AvgIpc) is 2.96. The first-order valence-electron chi connectivity index (χ1n) is 7.65. The van der Waals surface area contributed by atoms with Gasteiger partial charge >= 0.3 is 0 Å². The fraction of sp³-hybridized carbons (Fsp3) is 0.500. The number of aromatic amines is 1. The number of nitrogens with one attached hydrogen (secondary N) is 1. The van der Waals surface area contributed by atoms with E-state index < -0.39 is 5.60 Å². The third kappa shape index (κ3) is 2.86. The van der Waals surface area contributed by atoms with E-state index >= 15 is 0 Å². The van der Waals surface area contributed by atoms with Crippen molar-refractivity contribution < 1.29 is 5.11 Å². The lowest BCUT2D eigenvalue weighted by atomic mass is 9.76. The molecule has 3 rings (SSSR count). The summed E-state index contributed by atoms with van der Waals surface area (Å²) >= 11 is 5.20. The SMILES string of the molecule is Cc1nccc(C=C2CCC(C)(C)C2(O)Cn2[nH]cnc2=S)n1. The Balaban J connectivity index is 2.02. The van der Waals surface area contributed by atoms with Gasteiger partial charge in [0.1, 0.15) is 17.8 Å². The van der Waals surface area contributed by atoms with Crippen LogP contribution < -0.4 is 0 Å². The molecule has 0 spiro atoms. The summed E-state index contributed by atoms with van der Waals surface area (Å²) in [5.41, 5.74) is 0.520. The van der Waals surface area contributed by atoms with Crippen molar-refractivity contribution in [1.29, 1.82) is 0 Å². The molecule has 6 nitrogen and oxygen atoms in total. The zero-order valence-corrected chi connectivity index (χ0v) is 14.4. The second-order valence-corrected chi connectivity index (χ2v) is 7.06. The van der Waals surface area contributed by atoms with Gasteiger partial charge in [0.25, 0.3) is 0 Å². The Bertz CT molecular complexity index is 807. The first-order valence-corrected chi connectivity index (χ1v) is 8.06. The molecule has 2 heterocycles. The van der Waals surface area contributed by atoms with Gasteiger partial charge in [0, 0.05) is 6.20 Å². The number of aryl methyl sites for hydroxylation is 1. The highest BCUT2D eigenvalue weighted by molar-refractivity contribution is 7.71. The molecular weight excluding hydrogens is 310 g/mol. The van der Waals surface area contributed by atoms with Gasteiger partial charge in [0.05, 0.1) is 12.2 Å². The molecule has 0 radical (unpaired) electrons. The van der Waals surface area contributed by atoms with Crippen LogP contribution >= 0.6 is 12.2 Å². The fourth-order valence-corrected chi connectivity index (χ4v) is 3.33. The zero-order chi connectivity index (χ0) is 16.7. The molecule has 1 atom stereocenters. The molecule has 1 aliphatic rings. The van der Waals surface area contributed by atoms with E-state index in [-0.39, 0.29) is 5.41 Å². The average molecular weight is 331 g/mol. The highest BCUT2D eigenvalue weighted by Gasteiger charge is 2.51. The van der Waals surface area contributed by atoms with Gasteiger partial charge in [0.2, 0.25) is 4.77 Å². The molecule has 2 aromatic rings. The highest BCUT2D eigenvalue weighted by atomic mass is 32.1. The zero-order valence-electron chi connectivity index (χ0n) is 13.6. The van der Waals surface area contributed by atoms with E-state index in [0.29, 0.717) is 11.3 Å². The Morgan fingerprint density at radius 1 is 1.43 bits per heavy atom. The first-order chi connectivity index (χ1) is 10.8. The predicted molar refractivity (Wildman–Crippen MR) is 90.1 cm³/mol. The van der Waals surface area contributed by atoms with Crippen LogP contribution in [0.4, 0.5) is 0 Å². The minimum Gasteiger partial charge on any atom is -0.383 e. The van der Waals surface area contributed by atoms with Crippen LogP contribution in [0.3, 0.4) is 0 Å². The maximum Gasteiger partial charge on any atom is 0.215 e. The normalized spacial score (nSPS) is 25.1. The molecule has 2 N–H and O–H groups in total. The molecule has 0 bridgehead atoms. The Kier molecular flexibility index (Phi) is 3.93. The monoisotopic (exact) mass is 331 g/mol. The van der Waals surface area contributed by atoms with Crippen LogP contribution in [0.5, 0.6) is 0 Å². The molecule has 0 amide bonds. The molecule has 1 aliphatic carbocycles. The molecule has 122 valence electrons. The summed E-state index contributed by atoms with van der Waals surface area (Å²) in [5.74, 6) is 0.718. The first kappa shape index (κ1) is 16.0. The van der Waals surface area contributed by atoms with Gasteiger partial charge in [-0.1, -0.05) is 13.8 Å². The number of aliphatic hydroxyl groups is 1. The molecule has 2 aromatic heterocycles. The largest absolute Gasteiger partial charge is 0.383 e. The van der Waals surface area contributed by atoms with Crippen LogP contribution in [-0.2, 0) is 6.54 Å². The quantitative estimate of drug-likeness (QED) is 0.845. The third-order valence-electron chi connectivity index (χ3n) is 4.80. The van der Waals surface area contributed by atoms with Crippen LogP contribution in [0, 0.1) is 17.1 Å².